The maximum absolute atomic E-state index is 13.1. The highest BCUT2D eigenvalue weighted by Crippen LogP contribution is 2.12. The van der Waals surface area contributed by atoms with Crippen LogP contribution in [-0.2, 0) is 16.0 Å². The van der Waals surface area contributed by atoms with Gasteiger partial charge in [-0.15, -0.1) is 0 Å². The van der Waals surface area contributed by atoms with E-state index < -0.39 is 5.82 Å². The average molecular weight is 257 g/mol. The molecule has 2 rings (SSSR count). The van der Waals surface area contributed by atoms with Gasteiger partial charge in [-0.2, -0.15) is 0 Å². The largest absolute Gasteiger partial charge is 0.456 e. The molecule has 0 saturated heterocycles. The molecule has 0 atom stereocenters. The van der Waals surface area contributed by atoms with Gasteiger partial charge in [0.15, 0.2) is 11.0 Å². The van der Waals surface area contributed by atoms with Crippen LogP contribution in [0.4, 0.5) is 4.39 Å². The number of esters is 1. The summed E-state index contributed by atoms with van der Waals surface area (Å²) < 4.78 is 17.8. The molecule has 1 N–H and O–H groups in total. The number of aromatic nitrogens is 1. The molecule has 1 aliphatic rings. The van der Waals surface area contributed by atoms with Crippen molar-refractivity contribution >= 4 is 17.6 Å². The Bertz CT molecular complexity index is 477. The number of halogens is 2. The number of rotatable bonds is 4. The number of hydrogen-bond donors (Lipinski definition) is 1. The number of hydrogen-bond acceptors (Lipinski definition) is 4. The van der Waals surface area contributed by atoms with Crippen molar-refractivity contribution in [1.82, 2.24) is 10.3 Å². The quantitative estimate of drug-likeness (QED) is 0.654. The summed E-state index contributed by atoms with van der Waals surface area (Å²) in [6.07, 6.45) is 3.52. The van der Waals surface area contributed by atoms with E-state index in [1.165, 1.54) is 18.3 Å². The first kappa shape index (κ1) is 11.9. The lowest BCUT2D eigenvalue weighted by Gasteiger charge is -2.05. The predicted molar refractivity (Wildman–Crippen MR) is 60.0 cm³/mol. The molecule has 1 aromatic heterocycles. The second-order valence-electron chi connectivity index (χ2n) is 3.57. The average Bonchev–Trinajstić information content (AvgIpc) is 2.70. The second-order valence-corrected chi connectivity index (χ2v) is 3.93. The zero-order chi connectivity index (χ0) is 12.3. The zero-order valence-electron chi connectivity index (χ0n) is 8.87. The third kappa shape index (κ3) is 3.17. The van der Waals surface area contributed by atoms with Gasteiger partial charge in [0.2, 0.25) is 0 Å². The maximum Gasteiger partial charge on any atom is 0.333 e. The number of cyclic esters (lactones) is 1. The summed E-state index contributed by atoms with van der Waals surface area (Å²) in [5.74, 6) is -0.866. The van der Waals surface area contributed by atoms with E-state index in [1.54, 1.807) is 0 Å². The maximum atomic E-state index is 13.1. The minimum atomic E-state index is -0.525. The Kier molecular flexibility index (Phi) is 3.58. The van der Waals surface area contributed by atoms with Crippen molar-refractivity contribution in [2.45, 2.75) is 6.42 Å². The van der Waals surface area contributed by atoms with Crippen LogP contribution < -0.4 is 5.32 Å². The molecule has 1 aromatic rings. The van der Waals surface area contributed by atoms with Crippen molar-refractivity contribution in [1.29, 1.82) is 0 Å². The number of nitrogens with one attached hydrogen (secondary N) is 1. The van der Waals surface area contributed by atoms with E-state index in [0.29, 0.717) is 13.0 Å². The number of carbonyl (C=O) groups excluding carboxylic acids is 1. The lowest BCUT2D eigenvalue weighted by atomic mass is 10.2. The van der Waals surface area contributed by atoms with Crippen molar-refractivity contribution in [3.05, 3.63) is 40.6 Å². The van der Waals surface area contributed by atoms with E-state index >= 15 is 0 Å². The lowest BCUT2D eigenvalue weighted by molar-refractivity contribution is -0.134. The number of ether oxygens (including phenoxy) is 1. The molecule has 6 heteroatoms. The summed E-state index contributed by atoms with van der Waals surface area (Å²) in [6.45, 7) is 0.845. The van der Waals surface area contributed by atoms with Gasteiger partial charge in [-0.05, 0) is 18.1 Å². The minimum Gasteiger partial charge on any atom is -0.456 e. The Morgan fingerprint density at radius 3 is 3.06 bits per heavy atom. The van der Waals surface area contributed by atoms with Crippen molar-refractivity contribution in [2.75, 3.05) is 13.2 Å². The summed E-state index contributed by atoms with van der Waals surface area (Å²) in [7, 11) is 0. The van der Waals surface area contributed by atoms with Crippen LogP contribution in [0.1, 0.15) is 5.56 Å². The first-order valence-corrected chi connectivity index (χ1v) is 5.44. The van der Waals surface area contributed by atoms with Crippen LogP contribution in [0.3, 0.4) is 0 Å². The highest BCUT2D eigenvalue weighted by atomic mass is 35.5. The molecule has 17 heavy (non-hydrogen) atoms. The summed E-state index contributed by atoms with van der Waals surface area (Å²) in [6, 6.07) is 1.35. The summed E-state index contributed by atoms with van der Waals surface area (Å²) in [5, 5.41) is 2.90. The van der Waals surface area contributed by atoms with Crippen molar-refractivity contribution < 1.29 is 13.9 Å². The highest BCUT2D eigenvalue weighted by molar-refractivity contribution is 6.29. The van der Waals surface area contributed by atoms with Gasteiger partial charge in [0.1, 0.15) is 6.61 Å². The molecule has 0 bridgehead atoms. The predicted octanol–water partition coefficient (Wildman–Crippen LogP) is 1.45. The molecule has 0 saturated carbocycles. The van der Waals surface area contributed by atoms with Gasteiger partial charge in [-0.3, -0.25) is 0 Å². The van der Waals surface area contributed by atoms with Gasteiger partial charge in [-0.25, -0.2) is 14.2 Å². The molecule has 0 radical (unpaired) electrons. The topological polar surface area (TPSA) is 51.2 Å². The minimum absolute atomic E-state index is 0.126. The second kappa shape index (κ2) is 5.14. The van der Waals surface area contributed by atoms with E-state index in [-0.39, 0.29) is 17.7 Å². The van der Waals surface area contributed by atoms with Crippen LogP contribution in [-0.4, -0.2) is 24.1 Å². The van der Waals surface area contributed by atoms with E-state index in [1.807, 2.05) is 0 Å². The van der Waals surface area contributed by atoms with Crippen LogP contribution >= 0.6 is 11.6 Å². The van der Waals surface area contributed by atoms with Crippen LogP contribution in [0.15, 0.2) is 24.0 Å². The first-order chi connectivity index (χ1) is 8.15. The molecule has 0 aromatic carbocycles. The molecule has 0 spiro atoms. The molecule has 2 heterocycles. The molecule has 0 unspecified atom stereocenters. The van der Waals surface area contributed by atoms with E-state index in [2.05, 4.69) is 10.3 Å². The third-order valence-electron chi connectivity index (χ3n) is 2.28. The Labute approximate surface area is 102 Å². The van der Waals surface area contributed by atoms with Gasteiger partial charge < -0.3 is 10.1 Å². The molecule has 4 nitrogen and oxygen atoms in total. The Morgan fingerprint density at radius 2 is 2.41 bits per heavy atom. The van der Waals surface area contributed by atoms with Gasteiger partial charge >= 0.3 is 5.97 Å². The smallest absolute Gasteiger partial charge is 0.333 e. The molecular weight excluding hydrogens is 247 g/mol. The normalized spacial score (nSPS) is 14.5. The number of nitrogens with zero attached hydrogens (tertiary/aromatic N) is 1. The van der Waals surface area contributed by atoms with Crippen LogP contribution in [0, 0.1) is 5.82 Å². The SMILES string of the molecule is O=C1C=C(NCCc2cnc(Cl)c(F)c2)CO1. The molecule has 90 valence electrons. The Morgan fingerprint density at radius 1 is 1.59 bits per heavy atom. The molecule has 0 amide bonds. The van der Waals surface area contributed by atoms with E-state index in [0.717, 1.165) is 11.3 Å². The Balaban J connectivity index is 1.84. The highest BCUT2D eigenvalue weighted by Gasteiger charge is 2.11. The summed E-state index contributed by atoms with van der Waals surface area (Å²) >= 11 is 5.47. The van der Waals surface area contributed by atoms with Crippen LogP contribution in [0.25, 0.3) is 0 Å². The van der Waals surface area contributed by atoms with Gasteiger partial charge in [0.25, 0.3) is 0 Å². The van der Waals surface area contributed by atoms with Crippen LogP contribution in [0.5, 0.6) is 0 Å². The Hall–Kier alpha value is -1.62. The van der Waals surface area contributed by atoms with Crippen molar-refractivity contribution in [2.24, 2.45) is 0 Å². The standard InChI is InChI=1S/C11H10ClFN2O2/c12-11-9(13)3-7(5-15-11)1-2-14-8-4-10(16)17-6-8/h3-5,14H,1-2,6H2. The van der Waals surface area contributed by atoms with Crippen LogP contribution in [0.2, 0.25) is 5.15 Å². The van der Waals surface area contributed by atoms with Gasteiger partial charge in [0, 0.05) is 18.8 Å². The molecular formula is C11H10ClFN2O2. The van der Waals surface area contributed by atoms with Crippen molar-refractivity contribution in [3.63, 3.8) is 0 Å². The van der Waals surface area contributed by atoms with E-state index in [4.69, 9.17) is 16.3 Å². The van der Waals surface area contributed by atoms with Crippen molar-refractivity contribution in [3.8, 4) is 0 Å². The van der Waals surface area contributed by atoms with Gasteiger partial charge in [-0.1, -0.05) is 11.6 Å². The molecule has 0 fully saturated rings. The zero-order valence-corrected chi connectivity index (χ0v) is 9.63. The lowest BCUT2D eigenvalue weighted by Crippen LogP contribution is -2.17. The third-order valence-corrected chi connectivity index (χ3v) is 2.56. The molecule has 0 aliphatic carbocycles. The molecule has 1 aliphatic heterocycles. The number of pyridine rings is 1. The number of carbonyl (C=O) groups is 1. The monoisotopic (exact) mass is 256 g/mol. The first-order valence-electron chi connectivity index (χ1n) is 5.06. The summed E-state index contributed by atoms with van der Waals surface area (Å²) in [5.41, 5.74) is 1.47. The fourth-order valence-electron chi connectivity index (χ4n) is 1.44. The fraction of sp³-hybridized carbons (Fsp3) is 0.273. The fourth-order valence-corrected chi connectivity index (χ4v) is 1.54. The van der Waals surface area contributed by atoms with E-state index in [9.17, 15) is 9.18 Å². The summed E-state index contributed by atoms with van der Waals surface area (Å²) in [4.78, 5) is 14.5. The van der Waals surface area contributed by atoms with Gasteiger partial charge in [0.05, 0.1) is 5.70 Å².